The third kappa shape index (κ3) is 7.70. The fourth-order valence-electron chi connectivity index (χ4n) is 3.47. The summed E-state index contributed by atoms with van der Waals surface area (Å²) >= 11 is 1.81. The Bertz CT molecular complexity index is 882. The molecule has 2 radical (unpaired) electrons. The first-order chi connectivity index (χ1) is 12.4. The van der Waals surface area contributed by atoms with Gasteiger partial charge >= 0.3 is 26.8 Å². The molecule has 0 N–H and O–H groups in total. The zero-order valence-corrected chi connectivity index (χ0v) is 23.4. The van der Waals surface area contributed by atoms with Crippen LogP contribution in [0.25, 0.3) is 21.5 Å². The SMILES string of the molecule is Cc1cc2c(C)ccc(C)c2[cH-]1.Cc1cc2c(C)ccc(C)c2[cH-]1.[CH3-].[CH3-].[Cl-].[Cl-].[Si]=[Ti+2]. The van der Waals surface area contributed by atoms with Crippen molar-refractivity contribution < 1.29 is 44.0 Å². The molecule has 4 rings (SSSR count). The van der Waals surface area contributed by atoms with Crippen molar-refractivity contribution in [3.05, 3.63) is 96.8 Å². The molecule has 0 heterocycles. The van der Waals surface area contributed by atoms with Gasteiger partial charge in [-0.3, -0.25) is 0 Å². The molecule has 0 saturated heterocycles. The molecule has 0 atom stereocenters. The monoisotopic (exact) mass is 490 g/mol. The van der Waals surface area contributed by atoms with E-state index in [1.54, 1.807) is 19.2 Å². The average Bonchev–Trinajstić information content (AvgIpc) is 3.21. The number of benzene rings is 2. The van der Waals surface area contributed by atoms with Crippen LogP contribution in [0.5, 0.6) is 0 Å². The number of hydrogen-bond donors (Lipinski definition) is 0. The van der Waals surface area contributed by atoms with Gasteiger partial charge in [0.1, 0.15) is 0 Å². The van der Waals surface area contributed by atoms with E-state index in [0.29, 0.717) is 0 Å². The van der Waals surface area contributed by atoms with Gasteiger partial charge < -0.3 is 39.7 Å². The third-order valence-electron chi connectivity index (χ3n) is 4.93. The van der Waals surface area contributed by atoms with Crippen molar-refractivity contribution in [1.82, 2.24) is 0 Å². The van der Waals surface area contributed by atoms with Gasteiger partial charge in [0.05, 0.1) is 0 Å². The predicted octanol–water partition coefficient (Wildman–Crippen LogP) is 1.49. The van der Waals surface area contributed by atoms with E-state index in [2.05, 4.69) is 97.7 Å². The van der Waals surface area contributed by atoms with E-state index in [1.165, 1.54) is 54.9 Å². The molecule has 162 valence electrons. The fourth-order valence-corrected chi connectivity index (χ4v) is 3.47. The maximum atomic E-state index is 2.97. The second-order valence-electron chi connectivity index (χ2n) is 7.12. The molecule has 4 heteroatoms. The van der Waals surface area contributed by atoms with E-state index in [1.807, 2.05) is 0 Å². The Balaban J connectivity index is -0.000000400. The summed E-state index contributed by atoms with van der Waals surface area (Å²) in [6.45, 7) is 13.0. The molecular formula is C26H32Cl2SiTi-4. The summed E-state index contributed by atoms with van der Waals surface area (Å²) in [5.41, 5.74) is 8.24. The topological polar surface area (TPSA) is 0 Å². The number of halogens is 2. The molecule has 0 amide bonds. The average molecular weight is 491 g/mol. The summed E-state index contributed by atoms with van der Waals surface area (Å²) in [5.74, 6) is 0. The van der Waals surface area contributed by atoms with Crippen LogP contribution >= 0.6 is 0 Å². The molecule has 0 fully saturated rings. The zero-order chi connectivity index (χ0) is 19.4. The summed E-state index contributed by atoms with van der Waals surface area (Å²) in [4.78, 5) is 0. The van der Waals surface area contributed by atoms with Crippen molar-refractivity contribution >= 4 is 29.2 Å². The standard InChI is InChI=1S/2C12H13.2CH3.2ClH.Si.Ti/c2*1-8-6-11-9(2)4-5-10(3)12(11)7-8;;;;;;/h2*4-7H,1-3H3;2*1H3;2*1H;;/q4*-1;;;;+2/p-2. The van der Waals surface area contributed by atoms with Crippen molar-refractivity contribution in [2.24, 2.45) is 0 Å². The Kier molecular flexibility index (Phi) is 17.0. The first-order valence-electron chi connectivity index (χ1n) is 8.88. The normalized spacial score (nSPS) is 8.93. The van der Waals surface area contributed by atoms with Gasteiger partial charge in [0.25, 0.3) is 0 Å². The van der Waals surface area contributed by atoms with Gasteiger partial charge in [0.15, 0.2) is 0 Å². The van der Waals surface area contributed by atoms with Crippen LogP contribution in [0.1, 0.15) is 33.4 Å². The molecule has 0 bridgehead atoms. The number of aryl methyl sites for hydroxylation is 6. The van der Waals surface area contributed by atoms with Gasteiger partial charge in [-0.25, -0.2) is 0 Å². The summed E-state index contributed by atoms with van der Waals surface area (Å²) < 4.78 is 0. The van der Waals surface area contributed by atoms with Crippen LogP contribution in [0, 0.1) is 56.4 Å². The van der Waals surface area contributed by atoms with E-state index in [9.17, 15) is 0 Å². The van der Waals surface area contributed by atoms with Crippen molar-refractivity contribution in [3.63, 3.8) is 0 Å². The molecule has 0 spiro atoms. The minimum atomic E-state index is 0. The van der Waals surface area contributed by atoms with Crippen molar-refractivity contribution in [1.29, 1.82) is 0 Å². The number of fused-ring (bicyclic) bond motifs is 2. The van der Waals surface area contributed by atoms with Gasteiger partial charge in [-0.1, -0.05) is 51.0 Å². The number of hydrogen-bond acceptors (Lipinski definition) is 0. The summed E-state index contributed by atoms with van der Waals surface area (Å²) in [6, 6.07) is 17.8. The van der Waals surface area contributed by atoms with Crippen LogP contribution in [0.4, 0.5) is 0 Å². The first-order valence-corrected chi connectivity index (χ1v) is 11.7. The van der Waals surface area contributed by atoms with E-state index in [-0.39, 0.29) is 39.7 Å². The third-order valence-corrected chi connectivity index (χ3v) is 4.93. The zero-order valence-electron chi connectivity index (χ0n) is 19.4. The van der Waals surface area contributed by atoms with Crippen LogP contribution in [0.3, 0.4) is 0 Å². The molecule has 30 heavy (non-hydrogen) atoms. The Labute approximate surface area is 210 Å². The second-order valence-corrected chi connectivity index (χ2v) is 7.12. The molecule has 4 aromatic rings. The molecule has 0 aromatic heterocycles. The molecule has 0 aliphatic rings. The van der Waals surface area contributed by atoms with E-state index >= 15 is 0 Å². The van der Waals surface area contributed by atoms with Crippen molar-refractivity contribution in [3.8, 4) is 0 Å². The molecule has 0 nitrogen and oxygen atoms in total. The van der Waals surface area contributed by atoms with Gasteiger partial charge in [0.2, 0.25) is 0 Å². The molecule has 4 aromatic carbocycles. The first kappa shape index (κ1) is 33.8. The van der Waals surface area contributed by atoms with Crippen LogP contribution in [-0.4, -0.2) is 7.63 Å². The summed E-state index contributed by atoms with van der Waals surface area (Å²) in [6.07, 6.45) is 0. The predicted molar refractivity (Wildman–Crippen MR) is 126 cm³/mol. The summed E-state index contributed by atoms with van der Waals surface area (Å²) in [7, 11) is 2.97. The molecule has 0 aliphatic carbocycles. The maximum absolute atomic E-state index is 2.97. The van der Waals surface area contributed by atoms with Gasteiger partial charge in [-0.05, 0) is 13.8 Å². The van der Waals surface area contributed by atoms with Crippen LogP contribution in [0.2, 0.25) is 0 Å². The Morgan fingerprint density at radius 3 is 1.10 bits per heavy atom. The molecule has 0 aliphatic heterocycles. The van der Waals surface area contributed by atoms with E-state index < -0.39 is 0 Å². The van der Waals surface area contributed by atoms with E-state index in [4.69, 9.17) is 0 Å². The molecule has 0 unspecified atom stereocenters. The number of rotatable bonds is 0. The van der Waals surface area contributed by atoms with E-state index in [0.717, 1.165) is 0 Å². The Morgan fingerprint density at radius 2 is 0.833 bits per heavy atom. The Hall–Kier alpha value is -0.829. The quantitative estimate of drug-likeness (QED) is 0.259. The fraction of sp³-hybridized carbons (Fsp3) is 0.231. The molecular weight excluding hydrogens is 459 g/mol. The van der Waals surface area contributed by atoms with Crippen LogP contribution in [-0.2, 0) is 19.2 Å². The van der Waals surface area contributed by atoms with Crippen molar-refractivity contribution in [2.75, 3.05) is 0 Å². The minimum absolute atomic E-state index is 0. The van der Waals surface area contributed by atoms with Gasteiger partial charge in [-0.15, -0.1) is 68.1 Å². The van der Waals surface area contributed by atoms with Crippen LogP contribution < -0.4 is 24.8 Å². The molecule has 0 saturated carbocycles. The summed E-state index contributed by atoms with van der Waals surface area (Å²) in [5, 5.41) is 5.64. The van der Waals surface area contributed by atoms with Crippen molar-refractivity contribution in [2.45, 2.75) is 41.5 Å². The second kappa shape index (κ2) is 15.1. The Morgan fingerprint density at radius 1 is 0.567 bits per heavy atom. The van der Waals surface area contributed by atoms with Gasteiger partial charge in [0, 0.05) is 0 Å². The van der Waals surface area contributed by atoms with Crippen LogP contribution in [0.15, 0.2) is 48.5 Å². The van der Waals surface area contributed by atoms with Gasteiger partial charge in [-0.2, -0.15) is 12.1 Å².